The number of aryl methyl sites for hydroxylation is 1. The molecule has 9 nitrogen and oxygen atoms in total. The van der Waals surface area contributed by atoms with Gasteiger partial charge >= 0.3 is 6.03 Å². The average molecular weight is 440 g/mol. The second-order valence-corrected chi connectivity index (χ2v) is 8.85. The summed E-state index contributed by atoms with van der Waals surface area (Å²) in [6, 6.07) is 3.98. The predicted molar refractivity (Wildman–Crippen MR) is 113 cm³/mol. The number of rotatable bonds is 3. The van der Waals surface area contributed by atoms with Gasteiger partial charge in [-0.15, -0.1) is 10.2 Å². The topological polar surface area (TPSA) is 118 Å². The Bertz CT molecular complexity index is 1090. The van der Waals surface area contributed by atoms with Gasteiger partial charge in [-0.05, 0) is 56.7 Å². The Balaban J connectivity index is 1.30. The number of imide groups is 1. The van der Waals surface area contributed by atoms with Gasteiger partial charge in [-0.25, -0.2) is 9.18 Å². The molecule has 1 spiro atoms. The lowest BCUT2D eigenvalue weighted by molar-refractivity contribution is -0.128. The zero-order valence-electron chi connectivity index (χ0n) is 17.6. The fraction of sp³-hybridized carbons (Fsp3) is 0.500. The summed E-state index contributed by atoms with van der Waals surface area (Å²) in [5, 5.41) is 16.3. The Morgan fingerprint density at radius 1 is 1.16 bits per heavy atom. The van der Waals surface area contributed by atoms with E-state index in [0.717, 1.165) is 38.1 Å². The van der Waals surface area contributed by atoms with E-state index >= 15 is 0 Å². The molecule has 3 N–H and O–H groups in total. The highest BCUT2D eigenvalue weighted by atomic mass is 19.1. The minimum atomic E-state index is -0.900. The van der Waals surface area contributed by atoms with E-state index in [1.807, 2.05) is 4.57 Å². The van der Waals surface area contributed by atoms with Gasteiger partial charge in [-0.3, -0.25) is 14.9 Å². The van der Waals surface area contributed by atoms with Crippen LogP contribution in [0.5, 0.6) is 0 Å². The number of carbonyl (C=O) groups excluding carboxylic acids is 3. The lowest BCUT2D eigenvalue weighted by Gasteiger charge is -2.33. The fourth-order valence-electron chi connectivity index (χ4n) is 4.96. The van der Waals surface area contributed by atoms with Crippen LogP contribution in [0.1, 0.15) is 50.8 Å². The number of hydrogen-bond donors (Lipinski definition) is 3. The number of carbonyl (C=O) groups is 3. The summed E-state index contributed by atoms with van der Waals surface area (Å²) in [6.45, 7) is 0.752. The standard InChI is InChI=1S/C22H25FN6O3/c23-16-6-5-14(12-15(16)18-28-27-17-4-2-1-3-11-29(17)18)24-19(30)13-7-9-22(10-8-13)20(31)25-21(32)26-22/h5-6,12-13H,1-4,7-11H2,(H,24,30)(H2,25,26,31,32). The maximum absolute atomic E-state index is 14.7. The van der Waals surface area contributed by atoms with Crippen LogP contribution in [0.15, 0.2) is 18.2 Å². The minimum absolute atomic E-state index is 0.179. The number of halogens is 1. The molecule has 32 heavy (non-hydrogen) atoms. The number of anilines is 1. The van der Waals surface area contributed by atoms with Crippen molar-refractivity contribution < 1.29 is 18.8 Å². The number of benzene rings is 1. The molecule has 3 heterocycles. The smallest absolute Gasteiger partial charge is 0.322 e. The van der Waals surface area contributed by atoms with Crippen LogP contribution in [0.3, 0.4) is 0 Å². The molecule has 4 amide bonds. The van der Waals surface area contributed by atoms with Crippen LogP contribution >= 0.6 is 0 Å². The van der Waals surface area contributed by atoms with E-state index in [2.05, 4.69) is 26.1 Å². The van der Waals surface area contributed by atoms with Crippen LogP contribution in [0, 0.1) is 11.7 Å². The van der Waals surface area contributed by atoms with Gasteiger partial charge in [-0.1, -0.05) is 6.42 Å². The van der Waals surface area contributed by atoms with Crippen molar-refractivity contribution in [1.29, 1.82) is 0 Å². The highest BCUT2D eigenvalue weighted by molar-refractivity contribution is 6.07. The van der Waals surface area contributed by atoms with Gasteiger partial charge in [0.05, 0.1) is 5.56 Å². The van der Waals surface area contributed by atoms with E-state index in [1.165, 1.54) is 12.1 Å². The molecule has 0 unspecified atom stereocenters. The number of nitrogens with one attached hydrogen (secondary N) is 3. The Labute approximate surface area is 184 Å². The summed E-state index contributed by atoms with van der Waals surface area (Å²) < 4.78 is 16.6. The number of hydrogen-bond acceptors (Lipinski definition) is 5. The van der Waals surface area contributed by atoms with Gasteiger partial charge in [-0.2, -0.15) is 0 Å². The van der Waals surface area contributed by atoms with E-state index < -0.39 is 17.4 Å². The average Bonchev–Trinajstić information content (AvgIpc) is 3.19. The first kappa shape index (κ1) is 20.6. The summed E-state index contributed by atoms with van der Waals surface area (Å²) in [6.07, 6.45) is 5.74. The van der Waals surface area contributed by atoms with Crippen molar-refractivity contribution in [1.82, 2.24) is 25.4 Å². The van der Waals surface area contributed by atoms with E-state index in [9.17, 15) is 18.8 Å². The van der Waals surface area contributed by atoms with Crippen molar-refractivity contribution in [2.24, 2.45) is 5.92 Å². The number of fused-ring (bicyclic) bond motifs is 1. The molecular formula is C22H25FN6O3. The van der Waals surface area contributed by atoms with Gasteiger partial charge < -0.3 is 15.2 Å². The van der Waals surface area contributed by atoms with E-state index in [-0.39, 0.29) is 17.7 Å². The van der Waals surface area contributed by atoms with E-state index in [0.29, 0.717) is 42.8 Å². The molecule has 10 heteroatoms. The first-order valence-electron chi connectivity index (χ1n) is 11.1. The van der Waals surface area contributed by atoms with Gasteiger partial charge in [0.25, 0.3) is 5.91 Å². The third kappa shape index (κ3) is 3.63. The Hall–Kier alpha value is -3.30. The highest BCUT2D eigenvalue weighted by Crippen LogP contribution is 2.35. The molecule has 0 radical (unpaired) electrons. The van der Waals surface area contributed by atoms with Gasteiger partial charge in [0, 0.05) is 24.6 Å². The number of aromatic nitrogens is 3. The molecule has 1 aromatic carbocycles. The van der Waals surface area contributed by atoms with E-state index in [1.54, 1.807) is 6.07 Å². The molecule has 1 aromatic heterocycles. The molecule has 1 aliphatic carbocycles. The second-order valence-electron chi connectivity index (χ2n) is 8.85. The Kier molecular flexibility index (Phi) is 5.15. The van der Waals surface area contributed by atoms with Gasteiger partial charge in [0.15, 0.2) is 5.82 Å². The lowest BCUT2D eigenvalue weighted by Crippen LogP contribution is -2.50. The molecule has 0 bridgehead atoms. The van der Waals surface area contributed by atoms with Crippen LogP contribution in [0.2, 0.25) is 0 Å². The number of urea groups is 1. The van der Waals surface area contributed by atoms with Crippen LogP contribution in [0.4, 0.5) is 14.9 Å². The molecule has 2 fully saturated rings. The Morgan fingerprint density at radius 2 is 1.97 bits per heavy atom. The van der Waals surface area contributed by atoms with Gasteiger partial charge in [0.2, 0.25) is 5.91 Å². The van der Waals surface area contributed by atoms with Crippen LogP contribution in [-0.4, -0.2) is 38.1 Å². The molecule has 2 aliphatic heterocycles. The SMILES string of the molecule is O=C1NC(=O)C2(CCC(C(=O)Nc3ccc(F)c(-c4nnc5n4CCCCC5)c3)CC2)N1. The molecule has 3 aliphatic rings. The molecule has 168 valence electrons. The van der Waals surface area contributed by atoms with Crippen molar-refractivity contribution in [3.05, 3.63) is 29.8 Å². The van der Waals surface area contributed by atoms with Gasteiger partial charge in [0.1, 0.15) is 17.2 Å². The van der Waals surface area contributed by atoms with Crippen LogP contribution in [0.25, 0.3) is 11.4 Å². The van der Waals surface area contributed by atoms with Crippen molar-refractivity contribution in [3.8, 4) is 11.4 Å². The van der Waals surface area contributed by atoms with Crippen LogP contribution in [-0.2, 0) is 22.6 Å². The summed E-state index contributed by atoms with van der Waals surface area (Å²) >= 11 is 0. The maximum Gasteiger partial charge on any atom is 0.322 e. The molecular weight excluding hydrogens is 415 g/mol. The van der Waals surface area contributed by atoms with Crippen molar-refractivity contribution >= 4 is 23.5 Å². The first-order valence-corrected chi connectivity index (χ1v) is 11.1. The third-order valence-electron chi connectivity index (χ3n) is 6.81. The molecule has 5 rings (SSSR count). The summed E-state index contributed by atoms with van der Waals surface area (Å²) in [5.74, 6) is 0.150. The van der Waals surface area contributed by atoms with E-state index in [4.69, 9.17) is 0 Å². The largest absolute Gasteiger partial charge is 0.326 e. The second kappa shape index (κ2) is 7.99. The molecule has 0 atom stereocenters. The van der Waals surface area contributed by atoms with Crippen molar-refractivity contribution in [2.75, 3.05) is 5.32 Å². The predicted octanol–water partition coefficient (Wildman–Crippen LogP) is 2.52. The third-order valence-corrected chi connectivity index (χ3v) is 6.81. The lowest BCUT2D eigenvalue weighted by atomic mass is 9.76. The number of nitrogens with zero attached hydrogens (tertiary/aromatic N) is 3. The monoisotopic (exact) mass is 440 g/mol. The normalized spacial score (nSPS) is 25.1. The minimum Gasteiger partial charge on any atom is -0.326 e. The zero-order valence-corrected chi connectivity index (χ0v) is 17.6. The molecule has 1 saturated heterocycles. The first-order chi connectivity index (χ1) is 15.4. The summed E-state index contributed by atoms with van der Waals surface area (Å²) in [4.78, 5) is 36.4. The van der Waals surface area contributed by atoms with Crippen LogP contribution < -0.4 is 16.0 Å². The number of amides is 4. The maximum atomic E-state index is 14.7. The van der Waals surface area contributed by atoms with Crippen molar-refractivity contribution in [3.63, 3.8) is 0 Å². The highest BCUT2D eigenvalue weighted by Gasteiger charge is 2.48. The summed E-state index contributed by atoms with van der Waals surface area (Å²) in [7, 11) is 0. The van der Waals surface area contributed by atoms with Crippen molar-refractivity contribution in [2.45, 2.75) is 63.5 Å². The molecule has 1 saturated carbocycles. The fourth-order valence-corrected chi connectivity index (χ4v) is 4.96. The Morgan fingerprint density at radius 3 is 2.72 bits per heavy atom. The zero-order chi connectivity index (χ0) is 22.3. The quantitative estimate of drug-likeness (QED) is 0.634. The summed E-state index contributed by atoms with van der Waals surface area (Å²) in [5.41, 5.74) is -0.0940. The molecule has 2 aromatic rings.